The van der Waals surface area contributed by atoms with E-state index in [0.29, 0.717) is 17.3 Å². The molecule has 3 heterocycles. The number of hydrogen-bond acceptors (Lipinski definition) is 6. The molecule has 1 aromatic rings. The second kappa shape index (κ2) is 8.42. The van der Waals surface area contributed by atoms with Crippen LogP contribution in [-0.4, -0.2) is 47.8 Å². The molecule has 6 heteroatoms. The summed E-state index contributed by atoms with van der Waals surface area (Å²) in [6.45, 7) is 9.08. The fraction of sp³-hybridized carbons (Fsp3) is 0.806. The Kier molecular flexibility index (Phi) is 5.55. The van der Waals surface area contributed by atoms with E-state index in [1.807, 2.05) is 6.07 Å². The maximum atomic E-state index is 12.2. The van der Waals surface area contributed by atoms with Crippen molar-refractivity contribution >= 4 is 5.97 Å². The van der Waals surface area contributed by atoms with Crippen LogP contribution in [0.25, 0.3) is 0 Å². The highest BCUT2D eigenvalue weighted by Crippen LogP contribution is 2.78. The van der Waals surface area contributed by atoms with E-state index in [4.69, 9.17) is 13.9 Å². The average Bonchev–Trinajstić information content (AvgIpc) is 3.59. The number of carbonyl (C=O) groups excluding carboxylic acids is 1. The molecule has 4 saturated carbocycles. The summed E-state index contributed by atoms with van der Waals surface area (Å²) >= 11 is 0. The quantitative estimate of drug-likeness (QED) is 0.407. The van der Waals surface area contributed by atoms with Crippen molar-refractivity contribution in [2.75, 3.05) is 13.1 Å². The number of fused-ring (bicyclic) bond motifs is 3. The van der Waals surface area contributed by atoms with E-state index >= 15 is 0 Å². The van der Waals surface area contributed by atoms with Crippen LogP contribution in [0.15, 0.2) is 27.6 Å². The average molecular weight is 510 g/mol. The van der Waals surface area contributed by atoms with Crippen molar-refractivity contribution in [1.29, 1.82) is 0 Å². The van der Waals surface area contributed by atoms with Gasteiger partial charge in [-0.05, 0) is 106 Å². The smallest absolute Gasteiger partial charge is 0.335 e. The first-order valence-corrected chi connectivity index (χ1v) is 15.0. The van der Waals surface area contributed by atoms with Crippen LogP contribution in [0.1, 0.15) is 96.5 Å². The van der Waals surface area contributed by atoms with E-state index in [1.165, 1.54) is 83.9 Å². The predicted molar refractivity (Wildman–Crippen MR) is 139 cm³/mol. The Balaban J connectivity index is 1.19. The maximum Gasteiger partial charge on any atom is 0.335 e. The Bertz CT molecular complexity index is 1110. The SMILES string of the molecule is CC(=O)O[C@H]1[C@H]2O[C@]23[C@@H]2CC[C@@H]4C[C@@H](N5CCCCC5)CC[C@]4(C)[C@H]2CC[C@]3(C)[C@H]1c1ccc(=O)oc1. The normalized spacial score (nSPS) is 48.8. The van der Waals surface area contributed by atoms with E-state index in [2.05, 4.69) is 18.7 Å². The van der Waals surface area contributed by atoms with Gasteiger partial charge in [-0.25, -0.2) is 4.79 Å². The molecule has 10 atom stereocenters. The van der Waals surface area contributed by atoms with Crippen LogP contribution in [0.4, 0.5) is 0 Å². The Hall–Kier alpha value is -1.66. The lowest BCUT2D eigenvalue weighted by molar-refractivity contribution is -0.157. The van der Waals surface area contributed by atoms with Crippen molar-refractivity contribution in [3.8, 4) is 0 Å². The Morgan fingerprint density at radius 2 is 1.84 bits per heavy atom. The van der Waals surface area contributed by atoms with E-state index in [-0.39, 0.29) is 40.7 Å². The largest absolute Gasteiger partial charge is 0.459 e. The minimum Gasteiger partial charge on any atom is -0.459 e. The molecule has 6 fully saturated rings. The van der Waals surface area contributed by atoms with Crippen molar-refractivity contribution in [3.63, 3.8) is 0 Å². The topological polar surface area (TPSA) is 72.3 Å². The van der Waals surface area contributed by atoms with Crippen LogP contribution in [0.2, 0.25) is 0 Å². The summed E-state index contributed by atoms with van der Waals surface area (Å²) in [4.78, 5) is 26.8. The first-order valence-electron chi connectivity index (χ1n) is 15.0. The summed E-state index contributed by atoms with van der Waals surface area (Å²) in [5.74, 6) is 1.70. The van der Waals surface area contributed by atoms with Gasteiger partial charge in [0.05, 0.1) is 6.26 Å². The molecule has 0 aromatic carbocycles. The van der Waals surface area contributed by atoms with Gasteiger partial charge in [-0.2, -0.15) is 0 Å². The zero-order valence-corrected chi connectivity index (χ0v) is 22.7. The van der Waals surface area contributed by atoms with Crippen LogP contribution in [0.5, 0.6) is 0 Å². The van der Waals surface area contributed by atoms with Gasteiger partial charge < -0.3 is 18.8 Å². The first-order chi connectivity index (χ1) is 17.8. The molecule has 0 N–H and O–H groups in total. The van der Waals surface area contributed by atoms with Crippen molar-refractivity contribution < 1.29 is 18.7 Å². The molecule has 7 rings (SSSR count). The molecule has 202 valence electrons. The molecule has 37 heavy (non-hydrogen) atoms. The number of hydrogen-bond donors (Lipinski definition) is 0. The number of likely N-dealkylation sites (tertiary alicyclic amines) is 1. The maximum absolute atomic E-state index is 12.2. The fourth-order valence-electron chi connectivity index (χ4n) is 10.7. The lowest BCUT2D eigenvalue weighted by Gasteiger charge is -2.61. The summed E-state index contributed by atoms with van der Waals surface area (Å²) in [7, 11) is 0. The second-order valence-corrected chi connectivity index (χ2v) is 13.7. The van der Waals surface area contributed by atoms with Crippen LogP contribution in [0.3, 0.4) is 0 Å². The van der Waals surface area contributed by atoms with Crippen molar-refractivity contribution in [3.05, 3.63) is 34.4 Å². The predicted octanol–water partition coefficient (Wildman–Crippen LogP) is 5.29. The molecule has 2 saturated heterocycles. The van der Waals surface area contributed by atoms with Crippen LogP contribution in [-0.2, 0) is 14.3 Å². The molecule has 0 bridgehead atoms. The fourth-order valence-corrected chi connectivity index (χ4v) is 10.7. The summed E-state index contributed by atoms with van der Waals surface area (Å²) in [6, 6.07) is 4.16. The number of carbonyl (C=O) groups is 1. The van der Waals surface area contributed by atoms with Crippen molar-refractivity contribution in [2.24, 2.45) is 28.6 Å². The van der Waals surface area contributed by atoms with Gasteiger partial charge >= 0.3 is 11.6 Å². The van der Waals surface area contributed by atoms with Crippen LogP contribution < -0.4 is 5.63 Å². The molecular formula is C31H43NO5. The summed E-state index contributed by atoms with van der Waals surface area (Å²) in [6.07, 6.45) is 14.2. The Morgan fingerprint density at radius 1 is 1.03 bits per heavy atom. The molecular weight excluding hydrogens is 466 g/mol. The molecule has 6 aliphatic rings. The Labute approximate surface area is 220 Å². The highest BCUT2D eigenvalue weighted by molar-refractivity contribution is 5.66. The summed E-state index contributed by atoms with van der Waals surface area (Å²) in [5, 5.41) is 0. The highest BCUT2D eigenvalue weighted by atomic mass is 16.7. The number of piperidine rings is 1. The first kappa shape index (κ1) is 24.4. The minimum atomic E-state index is -0.345. The van der Waals surface area contributed by atoms with Gasteiger partial charge in [0.15, 0.2) is 0 Å². The van der Waals surface area contributed by atoms with Crippen molar-refractivity contribution in [1.82, 2.24) is 4.90 Å². The molecule has 0 radical (unpaired) electrons. The van der Waals surface area contributed by atoms with Gasteiger partial charge in [0.1, 0.15) is 17.8 Å². The number of rotatable bonds is 3. The monoisotopic (exact) mass is 509 g/mol. The lowest BCUT2D eigenvalue weighted by Crippen LogP contribution is -2.59. The van der Waals surface area contributed by atoms with Gasteiger partial charge in [-0.3, -0.25) is 4.79 Å². The number of ether oxygens (including phenoxy) is 2. The molecule has 1 spiro atoms. The highest BCUT2D eigenvalue weighted by Gasteiger charge is 2.84. The summed E-state index contributed by atoms with van der Waals surface area (Å²) in [5.41, 5.74) is 0.601. The molecule has 2 aliphatic heterocycles. The molecule has 0 unspecified atom stereocenters. The van der Waals surface area contributed by atoms with E-state index < -0.39 is 0 Å². The minimum absolute atomic E-state index is 0.0131. The van der Waals surface area contributed by atoms with Gasteiger partial charge in [0.2, 0.25) is 0 Å². The lowest BCUT2D eigenvalue weighted by atomic mass is 9.44. The standard InChI is InChI=1S/C31H43NO5/c1-19(33)36-27-26(20-7-10-25(34)35-18-20)30(3)14-12-23-24(31(30)28(27)37-31)9-8-21-17-22(11-13-29(21,23)2)32-15-5-4-6-16-32/h7,10,18,21-24,26-28H,4-6,8-9,11-17H2,1-3H3/t21-,22+,23+,24-,26+,27-,28-,29+,30-,31-/m1/s1. The van der Waals surface area contributed by atoms with E-state index in [1.54, 1.807) is 6.26 Å². The Morgan fingerprint density at radius 3 is 2.57 bits per heavy atom. The third-order valence-electron chi connectivity index (χ3n) is 12.4. The van der Waals surface area contributed by atoms with Crippen LogP contribution in [0, 0.1) is 28.6 Å². The number of nitrogens with zero attached hydrogens (tertiary/aromatic N) is 1. The van der Waals surface area contributed by atoms with Gasteiger partial charge in [0, 0.05) is 30.4 Å². The van der Waals surface area contributed by atoms with Gasteiger partial charge in [0.25, 0.3) is 0 Å². The van der Waals surface area contributed by atoms with Crippen molar-refractivity contribution in [2.45, 2.75) is 115 Å². The molecule has 6 nitrogen and oxygen atoms in total. The van der Waals surface area contributed by atoms with Crippen LogP contribution >= 0.6 is 0 Å². The summed E-state index contributed by atoms with van der Waals surface area (Å²) < 4.78 is 18.1. The van der Waals surface area contributed by atoms with E-state index in [9.17, 15) is 9.59 Å². The number of epoxide rings is 1. The molecule has 0 amide bonds. The molecule has 1 aromatic heterocycles. The van der Waals surface area contributed by atoms with Gasteiger partial charge in [-0.1, -0.05) is 20.3 Å². The van der Waals surface area contributed by atoms with Gasteiger partial charge in [-0.15, -0.1) is 0 Å². The second-order valence-electron chi connectivity index (χ2n) is 13.7. The zero-order chi connectivity index (χ0) is 25.6. The number of esters is 1. The third kappa shape index (κ3) is 3.36. The zero-order valence-electron chi connectivity index (χ0n) is 22.7. The third-order valence-corrected chi connectivity index (χ3v) is 12.4. The van der Waals surface area contributed by atoms with E-state index in [0.717, 1.165) is 23.9 Å². The molecule has 4 aliphatic carbocycles.